The number of rotatable bonds is 0. The van der Waals surface area contributed by atoms with Gasteiger partial charge in [0.2, 0.25) is 11.5 Å². The van der Waals surface area contributed by atoms with E-state index in [0.717, 1.165) is 0 Å². The van der Waals surface area contributed by atoms with Crippen molar-refractivity contribution in [3.63, 3.8) is 0 Å². The zero-order valence-corrected chi connectivity index (χ0v) is 10.1. The summed E-state index contributed by atoms with van der Waals surface area (Å²) < 4.78 is 76.6. The molecule has 0 aromatic heterocycles. The van der Waals surface area contributed by atoms with Crippen LogP contribution in [0.25, 0.3) is 0 Å². The van der Waals surface area contributed by atoms with Crippen LogP contribution in [0.3, 0.4) is 0 Å². The van der Waals surface area contributed by atoms with Crippen LogP contribution in [0.5, 0.6) is 0 Å². The normalized spacial score (nSPS) is 17.5. The number of nitrogens with zero attached hydrogens (tertiary/aromatic N) is 1. The summed E-state index contributed by atoms with van der Waals surface area (Å²) in [5.74, 6) is -3.03. The zero-order chi connectivity index (χ0) is 16.9. The predicted octanol–water partition coefficient (Wildman–Crippen LogP) is 2.69. The topological polar surface area (TPSA) is 78.8 Å². The van der Waals surface area contributed by atoms with Crippen LogP contribution in [0.2, 0.25) is 0 Å². The molecular formula is C11H4F6N2O3. The lowest BCUT2D eigenvalue weighted by molar-refractivity contribution is -0.143. The minimum atomic E-state index is -5.29. The Hall–Kier alpha value is -2.59. The number of carbonyl (C=O) groups is 2. The SMILES string of the molecule is O=C1Nc2cc(C(F)(F)F)cc(C(F)(F)F)c2C(=O)/C1=N/O. The molecule has 5 nitrogen and oxygen atoms in total. The molecule has 1 aromatic carbocycles. The van der Waals surface area contributed by atoms with Gasteiger partial charge in [0.15, 0.2) is 0 Å². The second-order valence-electron chi connectivity index (χ2n) is 4.17. The Labute approximate surface area is 117 Å². The Morgan fingerprint density at radius 2 is 1.59 bits per heavy atom. The Kier molecular flexibility index (Phi) is 3.38. The van der Waals surface area contributed by atoms with Crippen molar-refractivity contribution in [2.45, 2.75) is 12.4 Å². The standard InChI is InChI=1S/C11H4F6N2O3/c12-10(13,14)3-1-4(11(15,16)17)6-5(2-3)18-9(21)7(19-22)8(6)20/h1-2,22H,(H,18,21)/b19-7-. The average molecular weight is 326 g/mol. The molecule has 0 spiro atoms. The molecular weight excluding hydrogens is 322 g/mol. The van der Waals surface area contributed by atoms with Crippen molar-refractivity contribution in [2.24, 2.45) is 5.16 Å². The quantitative estimate of drug-likeness (QED) is 0.437. The first-order valence-electron chi connectivity index (χ1n) is 5.37. The molecule has 0 radical (unpaired) electrons. The fourth-order valence-electron chi connectivity index (χ4n) is 1.87. The molecule has 0 saturated carbocycles. The van der Waals surface area contributed by atoms with Gasteiger partial charge in [-0.15, -0.1) is 0 Å². The molecule has 0 saturated heterocycles. The number of alkyl halides is 6. The van der Waals surface area contributed by atoms with E-state index in [9.17, 15) is 35.9 Å². The summed E-state index contributed by atoms with van der Waals surface area (Å²) in [6.07, 6.45) is -10.4. The van der Waals surface area contributed by atoms with E-state index in [1.165, 1.54) is 0 Å². The largest absolute Gasteiger partial charge is 0.417 e. The van der Waals surface area contributed by atoms with Gasteiger partial charge in [0.25, 0.3) is 5.91 Å². The first-order chi connectivity index (χ1) is 9.96. The molecule has 1 amide bonds. The van der Waals surface area contributed by atoms with Gasteiger partial charge < -0.3 is 10.5 Å². The zero-order valence-electron chi connectivity index (χ0n) is 10.1. The maximum absolute atomic E-state index is 12.9. The smallest absolute Gasteiger partial charge is 0.410 e. The van der Waals surface area contributed by atoms with Gasteiger partial charge in [-0.1, -0.05) is 5.16 Å². The molecule has 2 rings (SSSR count). The predicted molar refractivity (Wildman–Crippen MR) is 58.6 cm³/mol. The van der Waals surface area contributed by atoms with Crippen molar-refractivity contribution in [1.29, 1.82) is 0 Å². The molecule has 11 heteroatoms. The molecule has 1 heterocycles. The van der Waals surface area contributed by atoms with E-state index in [4.69, 9.17) is 5.21 Å². The number of Topliss-reactive ketones (excluding diaryl/α,β-unsaturated/α-hetero) is 1. The third kappa shape index (κ3) is 2.49. The Morgan fingerprint density at radius 1 is 1.00 bits per heavy atom. The van der Waals surface area contributed by atoms with Gasteiger partial charge in [0, 0.05) is 0 Å². The van der Waals surface area contributed by atoms with E-state index in [-0.39, 0.29) is 12.1 Å². The third-order valence-electron chi connectivity index (χ3n) is 2.78. The van der Waals surface area contributed by atoms with E-state index in [2.05, 4.69) is 5.16 Å². The highest BCUT2D eigenvalue weighted by Crippen LogP contribution is 2.41. The summed E-state index contributed by atoms with van der Waals surface area (Å²) in [4.78, 5) is 23.1. The van der Waals surface area contributed by atoms with Gasteiger partial charge in [0.05, 0.1) is 22.4 Å². The maximum Gasteiger partial charge on any atom is 0.417 e. The van der Waals surface area contributed by atoms with Crippen molar-refractivity contribution in [2.75, 3.05) is 5.32 Å². The first kappa shape index (κ1) is 15.8. The molecule has 0 bridgehead atoms. The van der Waals surface area contributed by atoms with E-state index in [0.29, 0.717) is 0 Å². The highest BCUT2D eigenvalue weighted by atomic mass is 19.4. The van der Waals surface area contributed by atoms with Crippen molar-refractivity contribution in [3.8, 4) is 0 Å². The maximum atomic E-state index is 12.9. The van der Waals surface area contributed by atoms with Gasteiger partial charge in [-0.05, 0) is 12.1 Å². The van der Waals surface area contributed by atoms with Crippen LogP contribution in [0.1, 0.15) is 21.5 Å². The van der Waals surface area contributed by atoms with Crippen molar-refractivity contribution in [1.82, 2.24) is 0 Å². The fourth-order valence-corrected chi connectivity index (χ4v) is 1.87. The number of benzene rings is 1. The molecule has 1 aliphatic rings. The number of amides is 1. The van der Waals surface area contributed by atoms with E-state index >= 15 is 0 Å². The van der Waals surface area contributed by atoms with Crippen LogP contribution in [-0.4, -0.2) is 22.6 Å². The number of nitrogens with one attached hydrogen (secondary N) is 1. The van der Waals surface area contributed by atoms with Crippen LogP contribution in [0.4, 0.5) is 32.0 Å². The number of ketones is 1. The second-order valence-corrected chi connectivity index (χ2v) is 4.17. The average Bonchev–Trinajstić information content (AvgIpc) is 2.35. The minimum Gasteiger partial charge on any atom is -0.410 e. The Balaban J connectivity index is 2.82. The molecule has 0 fully saturated rings. The van der Waals surface area contributed by atoms with Crippen LogP contribution in [-0.2, 0) is 17.1 Å². The highest BCUT2D eigenvalue weighted by Gasteiger charge is 2.44. The van der Waals surface area contributed by atoms with E-state index in [1.54, 1.807) is 5.32 Å². The molecule has 0 unspecified atom stereocenters. The van der Waals surface area contributed by atoms with Crippen LogP contribution in [0.15, 0.2) is 17.3 Å². The summed E-state index contributed by atoms with van der Waals surface area (Å²) in [7, 11) is 0. The summed E-state index contributed by atoms with van der Waals surface area (Å²) in [6, 6.07) is -0.0439. The first-order valence-corrected chi connectivity index (χ1v) is 5.37. The number of fused-ring (bicyclic) bond motifs is 1. The highest BCUT2D eigenvalue weighted by molar-refractivity contribution is 6.72. The van der Waals surface area contributed by atoms with Crippen molar-refractivity contribution < 1.29 is 41.1 Å². The van der Waals surface area contributed by atoms with E-state index in [1.807, 2.05) is 0 Å². The number of hydrogen-bond donors (Lipinski definition) is 2. The molecule has 118 valence electrons. The lowest BCUT2D eigenvalue weighted by Gasteiger charge is -2.22. The number of carbonyl (C=O) groups excluding carboxylic acids is 2. The van der Waals surface area contributed by atoms with Crippen molar-refractivity contribution in [3.05, 3.63) is 28.8 Å². The molecule has 1 aromatic rings. The number of hydrogen-bond acceptors (Lipinski definition) is 4. The lowest BCUT2D eigenvalue weighted by Crippen LogP contribution is -2.37. The van der Waals surface area contributed by atoms with Crippen LogP contribution in [0, 0.1) is 0 Å². The van der Waals surface area contributed by atoms with Crippen molar-refractivity contribution >= 4 is 23.1 Å². The second kappa shape index (κ2) is 4.71. The number of halogens is 6. The fraction of sp³-hybridized carbons (Fsp3) is 0.182. The number of oxime groups is 1. The number of anilines is 1. The van der Waals surface area contributed by atoms with Crippen LogP contribution < -0.4 is 5.32 Å². The molecule has 0 atom stereocenters. The van der Waals surface area contributed by atoms with Crippen LogP contribution >= 0.6 is 0 Å². The lowest BCUT2D eigenvalue weighted by atomic mass is 9.92. The van der Waals surface area contributed by atoms with Gasteiger partial charge in [-0.25, -0.2) is 0 Å². The van der Waals surface area contributed by atoms with Gasteiger partial charge in [-0.3, -0.25) is 9.59 Å². The Morgan fingerprint density at radius 3 is 2.05 bits per heavy atom. The van der Waals surface area contributed by atoms with Gasteiger partial charge in [-0.2, -0.15) is 26.3 Å². The minimum absolute atomic E-state index is 0.203. The van der Waals surface area contributed by atoms with Gasteiger partial charge in [0.1, 0.15) is 0 Å². The third-order valence-corrected chi connectivity index (χ3v) is 2.78. The molecule has 1 aliphatic heterocycles. The molecule has 22 heavy (non-hydrogen) atoms. The monoisotopic (exact) mass is 326 g/mol. The summed E-state index contributed by atoms with van der Waals surface area (Å²) in [5, 5.41) is 12.4. The van der Waals surface area contributed by atoms with E-state index < -0.39 is 52.1 Å². The molecule has 0 aliphatic carbocycles. The summed E-state index contributed by atoms with van der Waals surface area (Å²) >= 11 is 0. The Bertz CT molecular complexity index is 705. The molecule has 2 N–H and O–H groups in total. The summed E-state index contributed by atoms with van der Waals surface area (Å²) in [5.41, 5.74) is -6.99. The van der Waals surface area contributed by atoms with Gasteiger partial charge >= 0.3 is 12.4 Å². The summed E-state index contributed by atoms with van der Waals surface area (Å²) in [6.45, 7) is 0.